The summed E-state index contributed by atoms with van der Waals surface area (Å²) in [6.07, 6.45) is 0. The zero-order chi connectivity index (χ0) is 16.6. The number of rotatable bonds is 3. The highest BCUT2D eigenvalue weighted by Crippen LogP contribution is 2.27. The number of methoxy groups -OCH3 is 1. The van der Waals surface area contributed by atoms with Crippen LogP contribution in [0.3, 0.4) is 0 Å². The van der Waals surface area contributed by atoms with Crippen molar-refractivity contribution in [2.75, 3.05) is 12.4 Å². The van der Waals surface area contributed by atoms with Gasteiger partial charge in [0.05, 0.1) is 12.8 Å². The normalized spacial score (nSPS) is 10.8. The van der Waals surface area contributed by atoms with Crippen LogP contribution >= 0.6 is 0 Å². The fourth-order valence-electron chi connectivity index (χ4n) is 2.72. The van der Waals surface area contributed by atoms with E-state index in [4.69, 9.17) is 4.74 Å². The minimum Gasteiger partial charge on any atom is -0.495 e. The van der Waals surface area contributed by atoms with Crippen molar-refractivity contribution < 1.29 is 9.53 Å². The molecule has 2 aromatic carbocycles. The van der Waals surface area contributed by atoms with Gasteiger partial charge in [0.2, 0.25) is 0 Å². The Labute approximate surface area is 135 Å². The fraction of sp³-hybridized carbons (Fsp3) is 0.211. The number of benzene rings is 2. The average molecular weight is 308 g/mol. The van der Waals surface area contributed by atoms with E-state index >= 15 is 0 Å². The number of anilines is 1. The van der Waals surface area contributed by atoms with E-state index in [1.165, 1.54) is 5.56 Å². The van der Waals surface area contributed by atoms with E-state index in [1.807, 2.05) is 50.2 Å². The maximum absolute atomic E-state index is 12.6. The van der Waals surface area contributed by atoms with Gasteiger partial charge >= 0.3 is 0 Å². The molecular weight excluding hydrogens is 288 g/mol. The summed E-state index contributed by atoms with van der Waals surface area (Å²) in [6.45, 7) is 6.07. The summed E-state index contributed by atoms with van der Waals surface area (Å²) >= 11 is 0. The van der Waals surface area contributed by atoms with E-state index in [-0.39, 0.29) is 5.91 Å². The molecule has 1 heterocycles. The number of nitrogens with one attached hydrogen (secondary N) is 2. The predicted octanol–water partition coefficient (Wildman–Crippen LogP) is 4.35. The third-order valence-corrected chi connectivity index (χ3v) is 4.17. The lowest BCUT2D eigenvalue weighted by molar-refractivity contribution is 0.102. The first-order valence-corrected chi connectivity index (χ1v) is 7.54. The molecule has 3 aromatic rings. The number of H-pyrrole nitrogens is 1. The molecule has 2 N–H and O–H groups in total. The van der Waals surface area contributed by atoms with E-state index in [0.717, 1.165) is 22.2 Å². The van der Waals surface area contributed by atoms with Crippen molar-refractivity contribution in [1.82, 2.24) is 4.98 Å². The Balaban J connectivity index is 1.95. The minimum atomic E-state index is -0.144. The molecule has 0 atom stereocenters. The van der Waals surface area contributed by atoms with Crippen molar-refractivity contribution in [3.63, 3.8) is 0 Å². The maximum atomic E-state index is 12.6. The molecule has 1 amide bonds. The second-order valence-corrected chi connectivity index (χ2v) is 5.79. The number of ether oxygens (including phenoxy) is 1. The summed E-state index contributed by atoms with van der Waals surface area (Å²) in [7, 11) is 1.60. The SMILES string of the molecule is COc1ccc(C)cc1NC(=O)c1ccc2[nH]c(C)c(C)c2c1. The van der Waals surface area contributed by atoms with Gasteiger partial charge in [-0.1, -0.05) is 6.07 Å². The van der Waals surface area contributed by atoms with Crippen LogP contribution in [0.15, 0.2) is 36.4 Å². The van der Waals surface area contributed by atoms with Crippen molar-refractivity contribution in [2.24, 2.45) is 0 Å². The van der Waals surface area contributed by atoms with E-state index in [1.54, 1.807) is 7.11 Å². The third kappa shape index (κ3) is 2.80. The first-order valence-electron chi connectivity index (χ1n) is 7.54. The van der Waals surface area contributed by atoms with Gasteiger partial charge in [-0.15, -0.1) is 0 Å². The summed E-state index contributed by atoms with van der Waals surface area (Å²) in [5.74, 6) is 0.507. The summed E-state index contributed by atoms with van der Waals surface area (Å²) in [4.78, 5) is 15.9. The first kappa shape index (κ1) is 15.2. The van der Waals surface area contributed by atoms with Gasteiger partial charge in [-0.2, -0.15) is 0 Å². The van der Waals surface area contributed by atoms with E-state index in [2.05, 4.69) is 17.2 Å². The molecule has 0 saturated heterocycles. The van der Waals surface area contributed by atoms with Gasteiger partial charge < -0.3 is 15.0 Å². The number of hydrogen-bond acceptors (Lipinski definition) is 2. The molecule has 0 aliphatic carbocycles. The molecule has 0 radical (unpaired) electrons. The van der Waals surface area contributed by atoms with Gasteiger partial charge in [0.15, 0.2) is 0 Å². The molecule has 118 valence electrons. The lowest BCUT2D eigenvalue weighted by Crippen LogP contribution is -2.12. The van der Waals surface area contributed by atoms with Gasteiger partial charge in [0, 0.05) is 22.2 Å². The Hall–Kier alpha value is -2.75. The molecule has 1 aromatic heterocycles. The second kappa shape index (κ2) is 5.80. The molecule has 4 heteroatoms. The van der Waals surface area contributed by atoms with Gasteiger partial charge in [-0.3, -0.25) is 4.79 Å². The Morgan fingerprint density at radius 3 is 2.61 bits per heavy atom. The number of aromatic nitrogens is 1. The number of carbonyl (C=O) groups is 1. The van der Waals surface area contributed by atoms with Crippen LogP contribution in [0.25, 0.3) is 10.9 Å². The van der Waals surface area contributed by atoms with Crippen molar-refractivity contribution in [2.45, 2.75) is 20.8 Å². The highest BCUT2D eigenvalue weighted by molar-refractivity contribution is 6.07. The number of fused-ring (bicyclic) bond motifs is 1. The van der Waals surface area contributed by atoms with E-state index in [0.29, 0.717) is 17.0 Å². The predicted molar refractivity (Wildman–Crippen MR) is 93.5 cm³/mol. The molecule has 0 unspecified atom stereocenters. The molecule has 0 spiro atoms. The highest BCUT2D eigenvalue weighted by Gasteiger charge is 2.12. The van der Waals surface area contributed by atoms with Gasteiger partial charge in [-0.05, 0) is 62.2 Å². The maximum Gasteiger partial charge on any atom is 0.255 e. The molecule has 4 nitrogen and oxygen atoms in total. The van der Waals surface area contributed by atoms with Crippen LogP contribution in [0.1, 0.15) is 27.2 Å². The van der Waals surface area contributed by atoms with Crippen molar-refractivity contribution in [1.29, 1.82) is 0 Å². The standard InChI is InChI=1S/C19H20N2O2/c1-11-5-8-18(23-4)17(9-11)21-19(22)14-6-7-16-15(10-14)12(2)13(3)20-16/h5-10,20H,1-4H3,(H,21,22). The summed E-state index contributed by atoms with van der Waals surface area (Å²) in [5, 5.41) is 4.01. The lowest BCUT2D eigenvalue weighted by atomic mass is 10.1. The largest absolute Gasteiger partial charge is 0.495 e. The Morgan fingerprint density at radius 1 is 1.09 bits per heavy atom. The Bertz CT molecular complexity index is 894. The quantitative estimate of drug-likeness (QED) is 0.755. The van der Waals surface area contributed by atoms with Crippen LogP contribution in [0.5, 0.6) is 5.75 Å². The van der Waals surface area contributed by atoms with Gasteiger partial charge in [0.1, 0.15) is 5.75 Å². The zero-order valence-electron chi connectivity index (χ0n) is 13.8. The summed E-state index contributed by atoms with van der Waals surface area (Å²) in [5.41, 5.74) is 5.71. The number of hydrogen-bond donors (Lipinski definition) is 2. The minimum absolute atomic E-state index is 0.144. The summed E-state index contributed by atoms with van der Waals surface area (Å²) < 4.78 is 5.31. The van der Waals surface area contributed by atoms with Crippen LogP contribution in [0, 0.1) is 20.8 Å². The van der Waals surface area contributed by atoms with Crippen LogP contribution in [0.4, 0.5) is 5.69 Å². The van der Waals surface area contributed by atoms with Crippen LogP contribution in [-0.2, 0) is 0 Å². The second-order valence-electron chi connectivity index (χ2n) is 5.79. The van der Waals surface area contributed by atoms with Crippen LogP contribution in [-0.4, -0.2) is 18.0 Å². The molecule has 0 saturated carbocycles. The van der Waals surface area contributed by atoms with Gasteiger partial charge in [0.25, 0.3) is 5.91 Å². The van der Waals surface area contributed by atoms with Crippen molar-refractivity contribution in [3.05, 3.63) is 58.8 Å². The average Bonchev–Trinajstić information content (AvgIpc) is 2.82. The fourth-order valence-corrected chi connectivity index (χ4v) is 2.72. The number of carbonyl (C=O) groups excluding carboxylic acids is 1. The van der Waals surface area contributed by atoms with E-state index < -0.39 is 0 Å². The molecule has 0 fully saturated rings. The van der Waals surface area contributed by atoms with Crippen molar-refractivity contribution >= 4 is 22.5 Å². The topological polar surface area (TPSA) is 54.1 Å². The van der Waals surface area contributed by atoms with Crippen molar-refractivity contribution in [3.8, 4) is 5.75 Å². The molecular formula is C19H20N2O2. The number of amides is 1. The smallest absolute Gasteiger partial charge is 0.255 e. The molecule has 3 rings (SSSR count). The van der Waals surface area contributed by atoms with Crippen LogP contribution < -0.4 is 10.1 Å². The zero-order valence-corrected chi connectivity index (χ0v) is 13.8. The molecule has 23 heavy (non-hydrogen) atoms. The molecule has 0 aliphatic heterocycles. The number of aryl methyl sites for hydroxylation is 3. The Morgan fingerprint density at radius 2 is 1.87 bits per heavy atom. The number of aromatic amines is 1. The van der Waals surface area contributed by atoms with E-state index in [9.17, 15) is 4.79 Å². The van der Waals surface area contributed by atoms with Gasteiger partial charge in [-0.25, -0.2) is 0 Å². The monoisotopic (exact) mass is 308 g/mol. The lowest BCUT2D eigenvalue weighted by Gasteiger charge is -2.11. The summed E-state index contributed by atoms with van der Waals surface area (Å²) in [6, 6.07) is 11.4. The molecule has 0 bridgehead atoms. The molecule has 0 aliphatic rings. The highest BCUT2D eigenvalue weighted by atomic mass is 16.5. The first-order chi connectivity index (χ1) is 11.0. The third-order valence-electron chi connectivity index (χ3n) is 4.17. The Kier molecular flexibility index (Phi) is 3.82. The van der Waals surface area contributed by atoms with Crippen LogP contribution in [0.2, 0.25) is 0 Å².